The fourth-order valence-electron chi connectivity index (χ4n) is 1.18. The molecule has 1 N–H and O–H groups in total. The molecule has 0 radical (unpaired) electrons. The fourth-order valence-corrected chi connectivity index (χ4v) is 1.44. The average molecular weight is 258 g/mol. The second kappa shape index (κ2) is 5.00. The highest BCUT2D eigenvalue weighted by Crippen LogP contribution is 2.17. The molecule has 1 rings (SSSR count). The molecular formula is C10H12BrNO2. The molecule has 4 heteroatoms. The molecule has 3 nitrogen and oxygen atoms in total. The molecule has 0 aliphatic carbocycles. The van der Waals surface area contributed by atoms with Gasteiger partial charge in [0.1, 0.15) is 11.3 Å². The van der Waals surface area contributed by atoms with Gasteiger partial charge in [0.2, 0.25) is 0 Å². The molecule has 0 unspecified atom stereocenters. The first-order valence-corrected chi connectivity index (χ1v) is 5.32. The Balaban J connectivity index is 2.95. The lowest BCUT2D eigenvalue weighted by molar-refractivity contribution is 0.0962. The number of ether oxygens (including phenoxy) is 1. The van der Waals surface area contributed by atoms with E-state index in [1.165, 1.54) is 0 Å². The predicted octanol–water partition coefficient (Wildman–Crippen LogP) is 2.09. The van der Waals surface area contributed by atoms with Crippen LogP contribution in [0.2, 0.25) is 0 Å². The fraction of sp³-hybridized carbons (Fsp3) is 0.300. The van der Waals surface area contributed by atoms with Gasteiger partial charge in [0.15, 0.2) is 0 Å². The summed E-state index contributed by atoms with van der Waals surface area (Å²) >= 11 is 3.17. The van der Waals surface area contributed by atoms with E-state index in [4.69, 9.17) is 4.74 Å². The Labute approximate surface area is 91.6 Å². The molecule has 14 heavy (non-hydrogen) atoms. The molecule has 0 atom stereocenters. The van der Waals surface area contributed by atoms with E-state index in [0.29, 0.717) is 11.1 Å². The van der Waals surface area contributed by atoms with Crippen molar-refractivity contribution in [1.82, 2.24) is 5.32 Å². The summed E-state index contributed by atoms with van der Waals surface area (Å²) in [7, 11) is 1.62. The number of rotatable bonds is 3. The molecular weight excluding hydrogens is 246 g/mol. The monoisotopic (exact) mass is 257 g/mol. The van der Waals surface area contributed by atoms with Crippen molar-refractivity contribution in [2.75, 3.05) is 12.6 Å². The van der Waals surface area contributed by atoms with Gasteiger partial charge in [-0.1, -0.05) is 0 Å². The van der Waals surface area contributed by atoms with E-state index in [9.17, 15) is 4.79 Å². The van der Waals surface area contributed by atoms with Crippen LogP contribution in [-0.4, -0.2) is 18.5 Å². The molecule has 0 spiro atoms. The zero-order valence-electron chi connectivity index (χ0n) is 8.13. The van der Waals surface area contributed by atoms with Gasteiger partial charge in [-0.05, 0) is 46.6 Å². The standard InChI is InChI=1S/C10H12BrNO2/c1-7-5-8(14-6-11)3-4-9(7)10(13)12-2/h3-5H,6H2,1-2H3,(H,12,13). The minimum Gasteiger partial charge on any atom is -0.482 e. The first-order chi connectivity index (χ1) is 6.69. The lowest BCUT2D eigenvalue weighted by Gasteiger charge is -2.07. The maximum atomic E-state index is 11.3. The molecule has 76 valence electrons. The highest BCUT2D eigenvalue weighted by atomic mass is 79.9. The van der Waals surface area contributed by atoms with E-state index >= 15 is 0 Å². The highest BCUT2D eigenvalue weighted by molar-refractivity contribution is 9.09. The summed E-state index contributed by atoms with van der Waals surface area (Å²) in [5.41, 5.74) is 2.03. The van der Waals surface area contributed by atoms with Gasteiger partial charge in [-0.3, -0.25) is 4.79 Å². The van der Waals surface area contributed by atoms with Gasteiger partial charge >= 0.3 is 0 Å². The Kier molecular flexibility index (Phi) is 3.95. The molecule has 0 aromatic heterocycles. The third kappa shape index (κ3) is 2.48. The molecule has 1 aromatic rings. The average Bonchev–Trinajstić information content (AvgIpc) is 2.17. The molecule has 1 aromatic carbocycles. The van der Waals surface area contributed by atoms with Crippen LogP contribution in [-0.2, 0) is 0 Å². The van der Waals surface area contributed by atoms with Crippen LogP contribution >= 0.6 is 15.9 Å². The highest BCUT2D eigenvalue weighted by Gasteiger charge is 2.07. The van der Waals surface area contributed by atoms with Gasteiger partial charge < -0.3 is 10.1 Å². The maximum Gasteiger partial charge on any atom is 0.251 e. The Hall–Kier alpha value is -1.03. The number of benzene rings is 1. The van der Waals surface area contributed by atoms with Crippen molar-refractivity contribution < 1.29 is 9.53 Å². The number of carbonyl (C=O) groups is 1. The Bertz CT molecular complexity index is 339. The summed E-state index contributed by atoms with van der Waals surface area (Å²) in [5.74, 6) is 0.680. The zero-order valence-corrected chi connectivity index (χ0v) is 9.72. The van der Waals surface area contributed by atoms with Gasteiger partial charge in [0.05, 0.1) is 0 Å². The number of amides is 1. The van der Waals surface area contributed by atoms with Crippen molar-refractivity contribution in [3.05, 3.63) is 29.3 Å². The maximum absolute atomic E-state index is 11.3. The number of halogens is 1. The van der Waals surface area contributed by atoms with Gasteiger partial charge in [-0.15, -0.1) is 0 Å². The van der Waals surface area contributed by atoms with E-state index in [-0.39, 0.29) is 5.91 Å². The van der Waals surface area contributed by atoms with Crippen LogP contribution in [0.25, 0.3) is 0 Å². The largest absolute Gasteiger partial charge is 0.482 e. The molecule has 0 heterocycles. The van der Waals surface area contributed by atoms with Gasteiger partial charge in [-0.2, -0.15) is 0 Å². The van der Waals surface area contributed by atoms with Crippen LogP contribution in [0, 0.1) is 6.92 Å². The molecule has 0 fully saturated rings. The quantitative estimate of drug-likeness (QED) is 0.843. The number of nitrogens with one attached hydrogen (secondary N) is 1. The van der Waals surface area contributed by atoms with Crippen LogP contribution in [0.3, 0.4) is 0 Å². The number of hydrogen-bond acceptors (Lipinski definition) is 2. The summed E-state index contributed by atoms with van der Waals surface area (Å²) in [6.45, 7) is 1.88. The minimum absolute atomic E-state index is 0.0760. The lowest BCUT2D eigenvalue weighted by Crippen LogP contribution is -2.18. The minimum atomic E-state index is -0.0760. The van der Waals surface area contributed by atoms with Crippen LogP contribution in [0.5, 0.6) is 5.75 Å². The van der Waals surface area contributed by atoms with Crippen LogP contribution in [0.15, 0.2) is 18.2 Å². The summed E-state index contributed by atoms with van der Waals surface area (Å²) in [6, 6.07) is 5.37. The zero-order chi connectivity index (χ0) is 10.6. The summed E-state index contributed by atoms with van der Waals surface area (Å²) in [4.78, 5) is 11.3. The molecule has 0 aliphatic rings. The van der Waals surface area contributed by atoms with Gasteiger partial charge in [-0.25, -0.2) is 0 Å². The van der Waals surface area contributed by atoms with E-state index in [2.05, 4.69) is 21.2 Å². The van der Waals surface area contributed by atoms with E-state index < -0.39 is 0 Å². The van der Waals surface area contributed by atoms with Crippen molar-refractivity contribution in [1.29, 1.82) is 0 Å². The van der Waals surface area contributed by atoms with Crippen molar-refractivity contribution in [2.45, 2.75) is 6.92 Å². The third-order valence-corrected chi connectivity index (χ3v) is 2.12. The summed E-state index contributed by atoms with van der Waals surface area (Å²) in [6.07, 6.45) is 0. The molecule has 0 aliphatic heterocycles. The predicted molar refractivity (Wildman–Crippen MR) is 59.0 cm³/mol. The van der Waals surface area contributed by atoms with E-state index in [0.717, 1.165) is 11.3 Å². The molecule has 1 amide bonds. The van der Waals surface area contributed by atoms with Gasteiger partial charge in [0.25, 0.3) is 5.91 Å². The molecule has 0 bridgehead atoms. The molecule has 0 saturated carbocycles. The first kappa shape index (κ1) is 11.0. The van der Waals surface area contributed by atoms with Crippen molar-refractivity contribution in [2.24, 2.45) is 0 Å². The number of hydrogen-bond donors (Lipinski definition) is 1. The Morgan fingerprint density at radius 2 is 2.29 bits per heavy atom. The summed E-state index contributed by atoms with van der Waals surface area (Å²) in [5, 5.41) is 2.58. The van der Waals surface area contributed by atoms with Crippen LogP contribution in [0.4, 0.5) is 0 Å². The van der Waals surface area contributed by atoms with Crippen molar-refractivity contribution >= 4 is 21.8 Å². The summed E-state index contributed by atoms with van der Waals surface area (Å²) < 4.78 is 5.24. The first-order valence-electron chi connectivity index (χ1n) is 4.20. The van der Waals surface area contributed by atoms with Gasteiger partial charge in [0, 0.05) is 12.6 Å². The lowest BCUT2D eigenvalue weighted by atomic mass is 10.1. The number of carbonyl (C=O) groups excluding carboxylic acids is 1. The molecule has 0 saturated heterocycles. The number of aryl methyl sites for hydroxylation is 1. The number of alkyl halides is 1. The second-order valence-corrected chi connectivity index (χ2v) is 3.27. The topological polar surface area (TPSA) is 38.3 Å². The SMILES string of the molecule is CNC(=O)c1ccc(OCBr)cc1C. The third-order valence-electron chi connectivity index (χ3n) is 1.89. The Morgan fingerprint density at radius 3 is 2.79 bits per heavy atom. The second-order valence-electron chi connectivity index (χ2n) is 2.81. The normalized spacial score (nSPS) is 9.64. The van der Waals surface area contributed by atoms with Crippen molar-refractivity contribution in [3.8, 4) is 5.75 Å². The van der Waals surface area contributed by atoms with E-state index in [1.54, 1.807) is 19.2 Å². The van der Waals surface area contributed by atoms with Crippen molar-refractivity contribution in [3.63, 3.8) is 0 Å². The van der Waals surface area contributed by atoms with Crippen LogP contribution in [0.1, 0.15) is 15.9 Å². The van der Waals surface area contributed by atoms with E-state index in [1.807, 2.05) is 13.0 Å². The van der Waals surface area contributed by atoms with Crippen LogP contribution < -0.4 is 10.1 Å². The smallest absolute Gasteiger partial charge is 0.251 e. The Morgan fingerprint density at radius 1 is 1.57 bits per heavy atom.